The topological polar surface area (TPSA) is 147 Å². The number of aliphatic carboxylic acids is 1. The van der Waals surface area contributed by atoms with Gasteiger partial charge in [-0.15, -0.1) is 0 Å². The molecule has 7 rings (SSSR count). The van der Waals surface area contributed by atoms with Crippen molar-refractivity contribution in [1.82, 2.24) is 20.5 Å². The number of allylic oxidation sites excluding steroid dienone is 1. The van der Waals surface area contributed by atoms with Gasteiger partial charge in [0.2, 0.25) is 17.7 Å². The predicted octanol–water partition coefficient (Wildman–Crippen LogP) is 5.39. The minimum Gasteiger partial charge on any atom is -0.479 e. The summed E-state index contributed by atoms with van der Waals surface area (Å²) in [5.74, 6) is -2.63. The summed E-state index contributed by atoms with van der Waals surface area (Å²) < 4.78 is 26.3. The van der Waals surface area contributed by atoms with Crippen molar-refractivity contribution in [1.29, 1.82) is 0 Å². The van der Waals surface area contributed by atoms with E-state index < -0.39 is 47.6 Å². The third kappa shape index (κ3) is 6.78. The zero-order chi connectivity index (χ0) is 34.1. The van der Waals surface area contributed by atoms with Crippen molar-refractivity contribution in [2.24, 2.45) is 5.92 Å². The fourth-order valence-electron chi connectivity index (χ4n) is 7.62. The lowest BCUT2D eigenvalue weighted by atomic mass is 10.0. The van der Waals surface area contributed by atoms with E-state index in [4.69, 9.17) is 9.47 Å². The van der Waals surface area contributed by atoms with Gasteiger partial charge in [0.1, 0.15) is 35.6 Å². The monoisotopic (exact) mass is 672 g/mol. The number of ether oxygens (including phenoxy) is 2. The van der Waals surface area contributed by atoms with E-state index >= 15 is 0 Å². The van der Waals surface area contributed by atoms with Crippen molar-refractivity contribution in [3.8, 4) is 5.88 Å². The van der Waals surface area contributed by atoms with Crippen LogP contribution in [0.5, 0.6) is 5.88 Å². The number of alkyl carbamates (subject to hydrolysis) is 1. The molecule has 1 aromatic heterocycles. The Morgan fingerprint density at radius 1 is 0.980 bits per heavy atom. The molecule has 3 amide bonds. The van der Waals surface area contributed by atoms with Gasteiger partial charge in [-0.1, -0.05) is 43.2 Å². The van der Waals surface area contributed by atoms with Crippen molar-refractivity contribution >= 4 is 45.6 Å². The standard InChI is InChI=1S/C37H41FN4O7/c38-23-16-17-29-28(18-23)26-13-8-9-14-27(26)33(39-29)48-25-19-31-32(43)41-37(35(45)46)20-22(37)10-4-2-1-3-5-15-30(34(44)42(31)21-25)40-36(47)49-24-11-6-7-12-24/h4,8-10,13-14,16-18,22,24-25,30-31H,1-3,5-7,11-12,15,19-21H2,(H,40,47)(H,41,43)(H,45,46)/b10-4-/t22-,25-,30+,31+,37-/m1/s1. The Kier molecular flexibility index (Phi) is 9.13. The highest BCUT2D eigenvalue weighted by molar-refractivity contribution is 6.07. The molecule has 0 spiro atoms. The zero-order valence-corrected chi connectivity index (χ0v) is 27.2. The van der Waals surface area contributed by atoms with Gasteiger partial charge in [0.05, 0.1) is 12.1 Å². The first-order valence-electron chi connectivity index (χ1n) is 17.4. The second-order valence-electron chi connectivity index (χ2n) is 13.8. The second-order valence-corrected chi connectivity index (χ2v) is 13.8. The van der Waals surface area contributed by atoms with Gasteiger partial charge in [-0.2, -0.15) is 0 Å². The lowest BCUT2D eigenvalue weighted by molar-refractivity contribution is -0.145. The number of aromatic nitrogens is 1. The van der Waals surface area contributed by atoms with E-state index in [-0.39, 0.29) is 43.1 Å². The molecule has 4 aliphatic rings. The molecule has 3 fully saturated rings. The van der Waals surface area contributed by atoms with Crippen LogP contribution in [0.25, 0.3) is 21.7 Å². The van der Waals surface area contributed by atoms with Gasteiger partial charge in [-0.25, -0.2) is 19.0 Å². The Hall–Kier alpha value is -4.74. The maximum Gasteiger partial charge on any atom is 0.408 e. The van der Waals surface area contributed by atoms with Gasteiger partial charge < -0.3 is 30.1 Å². The smallest absolute Gasteiger partial charge is 0.408 e. The number of carbonyl (C=O) groups excluding carboxylic acids is 3. The van der Waals surface area contributed by atoms with Gasteiger partial charge >= 0.3 is 12.1 Å². The Morgan fingerprint density at radius 3 is 2.55 bits per heavy atom. The van der Waals surface area contributed by atoms with Crippen LogP contribution in [-0.2, 0) is 19.1 Å². The van der Waals surface area contributed by atoms with Crippen LogP contribution in [-0.4, -0.2) is 75.2 Å². The fourth-order valence-corrected chi connectivity index (χ4v) is 7.62. The number of amides is 3. The number of hydrogen-bond donors (Lipinski definition) is 3. The summed E-state index contributed by atoms with van der Waals surface area (Å²) in [5, 5.41) is 17.7. The molecule has 3 aromatic rings. The predicted molar refractivity (Wildman–Crippen MR) is 178 cm³/mol. The molecule has 0 unspecified atom stereocenters. The van der Waals surface area contributed by atoms with Gasteiger partial charge in [0, 0.05) is 23.1 Å². The average molecular weight is 673 g/mol. The van der Waals surface area contributed by atoms with Gasteiger partial charge in [0.15, 0.2) is 0 Å². The molecule has 3 N–H and O–H groups in total. The summed E-state index contributed by atoms with van der Waals surface area (Å²) >= 11 is 0. The molecule has 2 saturated carbocycles. The Labute approximate surface area is 283 Å². The van der Waals surface area contributed by atoms with Crippen LogP contribution in [0.3, 0.4) is 0 Å². The van der Waals surface area contributed by atoms with Crippen LogP contribution >= 0.6 is 0 Å². The van der Waals surface area contributed by atoms with Crippen molar-refractivity contribution in [3.63, 3.8) is 0 Å². The summed E-state index contributed by atoms with van der Waals surface area (Å²) in [6, 6.07) is 9.67. The van der Waals surface area contributed by atoms with E-state index in [1.165, 1.54) is 17.0 Å². The Bertz CT molecular complexity index is 1810. The van der Waals surface area contributed by atoms with Gasteiger partial charge in [0.25, 0.3) is 0 Å². The van der Waals surface area contributed by atoms with E-state index in [1.54, 1.807) is 6.07 Å². The average Bonchev–Trinajstić information content (AvgIpc) is 3.36. The molecule has 0 radical (unpaired) electrons. The van der Waals surface area contributed by atoms with Gasteiger partial charge in [-0.3, -0.25) is 9.59 Å². The summed E-state index contributed by atoms with van der Waals surface area (Å²) in [7, 11) is 0. The number of nitrogens with zero attached hydrogens (tertiary/aromatic N) is 2. The van der Waals surface area contributed by atoms with E-state index in [2.05, 4.69) is 15.6 Å². The summed E-state index contributed by atoms with van der Waals surface area (Å²) in [6.07, 6.45) is 9.56. The van der Waals surface area contributed by atoms with Crippen molar-refractivity contribution < 1.29 is 38.1 Å². The zero-order valence-electron chi connectivity index (χ0n) is 27.2. The third-order valence-corrected chi connectivity index (χ3v) is 10.4. The Morgan fingerprint density at radius 2 is 1.76 bits per heavy atom. The van der Waals surface area contributed by atoms with Crippen LogP contribution in [0, 0.1) is 11.7 Å². The van der Waals surface area contributed by atoms with Crippen LogP contribution < -0.4 is 15.4 Å². The highest BCUT2D eigenvalue weighted by Crippen LogP contribution is 2.45. The fraction of sp³-hybridized carbons (Fsp3) is 0.486. The van der Waals surface area contributed by atoms with E-state index in [0.717, 1.165) is 50.3 Å². The Balaban J connectivity index is 1.19. The molecule has 258 valence electrons. The van der Waals surface area contributed by atoms with Crippen LogP contribution in [0.1, 0.15) is 70.6 Å². The highest BCUT2D eigenvalue weighted by Gasteiger charge is 2.61. The summed E-state index contributed by atoms with van der Waals surface area (Å²) in [6.45, 7) is 0.00758. The third-order valence-electron chi connectivity index (χ3n) is 10.4. The van der Waals surface area contributed by atoms with Gasteiger partial charge in [-0.05, 0) is 81.0 Å². The quantitative estimate of drug-likeness (QED) is 0.242. The maximum absolute atomic E-state index is 14.3. The van der Waals surface area contributed by atoms with Crippen molar-refractivity contribution in [2.75, 3.05) is 6.54 Å². The molecule has 1 saturated heterocycles. The molecule has 49 heavy (non-hydrogen) atoms. The molecule has 12 heteroatoms. The number of hydrogen-bond acceptors (Lipinski definition) is 7. The van der Waals surface area contributed by atoms with E-state index in [1.807, 2.05) is 36.4 Å². The lowest BCUT2D eigenvalue weighted by Gasteiger charge is -2.29. The number of nitrogens with one attached hydrogen (secondary N) is 2. The highest BCUT2D eigenvalue weighted by atomic mass is 19.1. The molecule has 3 heterocycles. The number of benzene rings is 2. The molecule has 0 bridgehead atoms. The number of carbonyl (C=O) groups is 4. The lowest BCUT2D eigenvalue weighted by Crippen LogP contribution is -2.56. The number of fused-ring (bicyclic) bond motifs is 5. The van der Waals surface area contributed by atoms with E-state index in [0.29, 0.717) is 29.1 Å². The molecular weight excluding hydrogens is 631 g/mol. The normalized spacial score (nSPS) is 28.6. The van der Waals surface area contributed by atoms with Crippen LogP contribution in [0.15, 0.2) is 54.6 Å². The van der Waals surface area contributed by atoms with E-state index in [9.17, 15) is 28.7 Å². The minimum atomic E-state index is -1.45. The first-order chi connectivity index (χ1) is 23.7. The number of carboxylic acids is 1. The largest absolute Gasteiger partial charge is 0.479 e. The number of rotatable bonds is 5. The van der Waals surface area contributed by atoms with Crippen LogP contribution in [0.4, 0.5) is 9.18 Å². The molecule has 2 aliphatic heterocycles. The maximum atomic E-state index is 14.3. The first-order valence-corrected chi connectivity index (χ1v) is 17.4. The minimum absolute atomic E-state index is 0.00758. The summed E-state index contributed by atoms with van der Waals surface area (Å²) in [5.41, 5.74) is -0.923. The molecule has 11 nitrogen and oxygen atoms in total. The summed E-state index contributed by atoms with van der Waals surface area (Å²) in [4.78, 5) is 59.9. The number of pyridine rings is 1. The second kappa shape index (κ2) is 13.6. The van der Waals surface area contributed by atoms with Crippen molar-refractivity contribution in [2.45, 2.75) is 100 Å². The molecule has 2 aromatic carbocycles. The first kappa shape index (κ1) is 32.8. The molecule has 2 aliphatic carbocycles. The SMILES string of the molecule is O=C(N[C@H]1CCCCC/C=C\[C@@H]2C[C@@]2(C(=O)O)NC(=O)[C@@H]2C[C@@H](Oc3nc4ccc(F)cc4c4ccccc34)CN2C1=O)OC1CCCC1. The molecule has 5 atom stereocenters. The van der Waals surface area contributed by atoms with Crippen LogP contribution in [0.2, 0.25) is 0 Å². The molecular formula is C37H41FN4O7. The van der Waals surface area contributed by atoms with Crippen molar-refractivity contribution in [3.05, 3.63) is 60.4 Å². The number of halogens is 1. The number of carboxylic acid groups (broad SMARTS) is 1.